The maximum Gasteiger partial charge on any atom is 0.0543 e. The fraction of sp³-hybridized carbons (Fsp3) is 1.00. The molecular weight excluding hydrogens is 232 g/mol. The van der Waals surface area contributed by atoms with Gasteiger partial charge in [0.05, 0.1) is 6.10 Å². The van der Waals surface area contributed by atoms with E-state index >= 15 is 0 Å². The molecule has 108 valence electrons. The fourth-order valence-electron chi connectivity index (χ4n) is 6.82. The van der Waals surface area contributed by atoms with Crippen LogP contribution in [0.4, 0.5) is 0 Å². The lowest BCUT2D eigenvalue weighted by molar-refractivity contribution is -0.0675. The second kappa shape index (κ2) is 4.48. The molecule has 0 aromatic carbocycles. The predicted molar refractivity (Wildman–Crippen MR) is 77.7 cm³/mol. The number of hydrogen-bond acceptors (Lipinski definition) is 1. The van der Waals surface area contributed by atoms with Crippen molar-refractivity contribution in [1.29, 1.82) is 0 Å². The molecule has 4 saturated carbocycles. The number of aliphatic hydroxyl groups is 1. The highest BCUT2D eigenvalue weighted by atomic mass is 16.3. The minimum absolute atomic E-state index is 0.0261. The summed E-state index contributed by atoms with van der Waals surface area (Å²) >= 11 is 0. The summed E-state index contributed by atoms with van der Waals surface area (Å²) in [4.78, 5) is 0. The number of rotatable bonds is 0. The van der Waals surface area contributed by atoms with Crippen molar-refractivity contribution in [3.8, 4) is 0 Å². The summed E-state index contributed by atoms with van der Waals surface area (Å²) in [5.74, 6) is 4.99. The first-order valence-electron chi connectivity index (χ1n) is 8.85. The Morgan fingerprint density at radius 1 is 0.842 bits per heavy atom. The van der Waals surface area contributed by atoms with E-state index in [1.165, 1.54) is 51.4 Å². The van der Waals surface area contributed by atoms with Crippen LogP contribution in [0, 0.1) is 35.0 Å². The highest BCUT2D eigenvalue weighted by molar-refractivity contribution is 5.03. The number of fused-ring (bicyclic) bond motifs is 5. The number of aliphatic hydroxyl groups excluding tert-OH is 1. The van der Waals surface area contributed by atoms with Crippen LogP contribution in [0.15, 0.2) is 0 Å². The summed E-state index contributed by atoms with van der Waals surface area (Å²) in [5, 5.41) is 9.94. The average Bonchev–Trinajstić information content (AvgIpc) is 2.79. The normalized spacial score (nSPS) is 57.2. The zero-order valence-corrected chi connectivity index (χ0v) is 12.5. The SMILES string of the molecule is C[C@@]12CCC[C@H]1[C@@H]1CC[C@@H]3C[C@H](O)CC[C@@H]3[C@H]1CC2. The van der Waals surface area contributed by atoms with E-state index in [1.807, 2.05) is 0 Å². The molecule has 4 aliphatic rings. The Kier molecular flexibility index (Phi) is 2.99. The Balaban J connectivity index is 1.56. The van der Waals surface area contributed by atoms with Crippen molar-refractivity contribution in [2.45, 2.75) is 77.2 Å². The predicted octanol–water partition coefficient (Wildman–Crippen LogP) is 4.39. The molecule has 0 aromatic heterocycles. The topological polar surface area (TPSA) is 20.2 Å². The monoisotopic (exact) mass is 262 g/mol. The van der Waals surface area contributed by atoms with Crippen molar-refractivity contribution in [1.82, 2.24) is 0 Å². The molecular formula is C18H30O. The first kappa shape index (κ1) is 12.7. The van der Waals surface area contributed by atoms with Gasteiger partial charge in [0.15, 0.2) is 0 Å². The molecule has 0 spiro atoms. The maximum atomic E-state index is 9.94. The molecule has 7 atom stereocenters. The second-order valence-electron chi connectivity index (χ2n) is 8.49. The van der Waals surface area contributed by atoms with Gasteiger partial charge in [-0.2, -0.15) is 0 Å². The molecule has 0 bridgehead atoms. The molecule has 0 aliphatic heterocycles. The Labute approximate surface area is 118 Å². The van der Waals surface area contributed by atoms with E-state index in [9.17, 15) is 5.11 Å². The van der Waals surface area contributed by atoms with Gasteiger partial charge in [-0.1, -0.05) is 13.3 Å². The van der Waals surface area contributed by atoms with Crippen LogP contribution < -0.4 is 0 Å². The van der Waals surface area contributed by atoms with E-state index in [0.29, 0.717) is 5.41 Å². The van der Waals surface area contributed by atoms with E-state index in [4.69, 9.17) is 0 Å². The lowest BCUT2D eigenvalue weighted by atomic mass is 9.50. The van der Waals surface area contributed by atoms with Gasteiger partial charge in [-0.15, -0.1) is 0 Å². The van der Waals surface area contributed by atoms with Crippen molar-refractivity contribution in [3.63, 3.8) is 0 Å². The standard InChI is InChI=1S/C18H30O/c1-18-9-2-3-17(18)16-6-4-12-11-13(19)5-7-14(12)15(16)8-10-18/h12-17,19H,2-11H2,1H3/t12-,13-,14+,15-,16-,17+,18+/m1/s1. The average molecular weight is 262 g/mol. The fourth-order valence-corrected chi connectivity index (χ4v) is 6.82. The summed E-state index contributed by atoms with van der Waals surface area (Å²) in [6, 6.07) is 0. The number of hydrogen-bond donors (Lipinski definition) is 1. The first-order chi connectivity index (χ1) is 9.17. The van der Waals surface area contributed by atoms with Gasteiger partial charge in [0.25, 0.3) is 0 Å². The Hall–Kier alpha value is -0.0400. The van der Waals surface area contributed by atoms with Crippen LogP contribution in [0.1, 0.15) is 71.1 Å². The van der Waals surface area contributed by atoms with E-state index < -0.39 is 0 Å². The minimum Gasteiger partial charge on any atom is -0.393 e. The van der Waals surface area contributed by atoms with Crippen LogP contribution in [0.25, 0.3) is 0 Å². The van der Waals surface area contributed by atoms with E-state index in [1.54, 1.807) is 0 Å². The molecule has 1 N–H and O–H groups in total. The van der Waals surface area contributed by atoms with Crippen LogP contribution in [-0.2, 0) is 0 Å². The van der Waals surface area contributed by atoms with Gasteiger partial charge in [0.1, 0.15) is 0 Å². The highest BCUT2D eigenvalue weighted by Gasteiger charge is 2.53. The summed E-state index contributed by atoms with van der Waals surface area (Å²) in [7, 11) is 0. The zero-order chi connectivity index (χ0) is 13.0. The van der Waals surface area contributed by atoms with E-state index in [2.05, 4.69) is 6.92 Å². The Bertz CT molecular complexity index is 352. The van der Waals surface area contributed by atoms with E-state index in [0.717, 1.165) is 42.4 Å². The maximum absolute atomic E-state index is 9.94. The largest absolute Gasteiger partial charge is 0.393 e. The quantitative estimate of drug-likeness (QED) is 0.686. The van der Waals surface area contributed by atoms with Crippen molar-refractivity contribution in [2.75, 3.05) is 0 Å². The van der Waals surface area contributed by atoms with Gasteiger partial charge >= 0.3 is 0 Å². The van der Waals surface area contributed by atoms with Gasteiger partial charge in [0.2, 0.25) is 0 Å². The molecule has 1 heteroatoms. The molecule has 0 saturated heterocycles. The third kappa shape index (κ3) is 1.91. The van der Waals surface area contributed by atoms with Crippen LogP contribution >= 0.6 is 0 Å². The molecule has 4 fully saturated rings. The lowest BCUT2D eigenvalue weighted by Crippen LogP contribution is -2.47. The Morgan fingerprint density at radius 3 is 2.58 bits per heavy atom. The molecule has 0 amide bonds. The van der Waals surface area contributed by atoms with Crippen LogP contribution in [-0.4, -0.2) is 11.2 Å². The summed E-state index contributed by atoms with van der Waals surface area (Å²) in [6.07, 6.45) is 14.0. The summed E-state index contributed by atoms with van der Waals surface area (Å²) < 4.78 is 0. The van der Waals surface area contributed by atoms with Crippen molar-refractivity contribution >= 4 is 0 Å². The van der Waals surface area contributed by atoms with E-state index in [-0.39, 0.29) is 6.10 Å². The highest BCUT2D eigenvalue weighted by Crippen LogP contribution is 2.62. The van der Waals surface area contributed by atoms with Gasteiger partial charge in [0, 0.05) is 0 Å². The second-order valence-corrected chi connectivity index (χ2v) is 8.49. The summed E-state index contributed by atoms with van der Waals surface area (Å²) in [6.45, 7) is 2.59. The molecule has 0 aromatic rings. The Morgan fingerprint density at radius 2 is 1.68 bits per heavy atom. The minimum atomic E-state index is 0.0261. The van der Waals surface area contributed by atoms with Gasteiger partial charge in [-0.05, 0) is 92.8 Å². The molecule has 0 radical (unpaired) electrons. The lowest BCUT2D eigenvalue weighted by Gasteiger charge is -2.55. The third-order valence-electron chi connectivity index (χ3n) is 7.71. The smallest absolute Gasteiger partial charge is 0.0543 e. The van der Waals surface area contributed by atoms with Crippen LogP contribution in [0.2, 0.25) is 0 Å². The van der Waals surface area contributed by atoms with Crippen molar-refractivity contribution in [3.05, 3.63) is 0 Å². The van der Waals surface area contributed by atoms with Crippen molar-refractivity contribution < 1.29 is 5.11 Å². The zero-order valence-electron chi connectivity index (χ0n) is 12.5. The molecule has 0 unspecified atom stereocenters. The van der Waals surface area contributed by atoms with Gasteiger partial charge < -0.3 is 5.11 Å². The van der Waals surface area contributed by atoms with Crippen molar-refractivity contribution in [2.24, 2.45) is 35.0 Å². The van der Waals surface area contributed by atoms with Gasteiger partial charge in [-0.25, -0.2) is 0 Å². The molecule has 4 aliphatic carbocycles. The third-order valence-corrected chi connectivity index (χ3v) is 7.71. The molecule has 4 rings (SSSR count). The van der Waals surface area contributed by atoms with Gasteiger partial charge in [-0.3, -0.25) is 0 Å². The van der Waals surface area contributed by atoms with Crippen LogP contribution in [0.3, 0.4) is 0 Å². The molecule has 0 heterocycles. The summed E-state index contributed by atoms with van der Waals surface area (Å²) in [5.41, 5.74) is 0.711. The molecule has 19 heavy (non-hydrogen) atoms. The first-order valence-corrected chi connectivity index (χ1v) is 8.85. The molecule has 1 nitrogen and oxygen atoms in total. The van der Waals surface area contributed by atoms with Crippen LogP contribution in [0.5, 0.6) is 0 Å².